The molecule has 40 heavy (non-hydrogen) atoms. The van der Waals surface area contributed by atoms with Crippen molar-refractivity contribution >= 4 is 59.7 Å². The molecule has 0 aromatic heterocycles. The zero-order valence-corrected chi connectivity index (χ0v) is 30.1. The largest absolute Gasteiger partial charge is 0.473 e. The van der Waals surface area contributed by atoms with E-state index in [2.05, 4.69) is 127 Å². The smallest absolute Gasteiger partial charge is 0.418 e. The Morgan fingerprint density at radius 1 is 0.575 bits per heavy atom. The van der Waals surface area contributed by atoms with Crippen LogP contribution in [0.1, 0.15) is 44.5 Å². The van der Waals surface area contributed by atoms with Crippen molar-refractivity contribution in [2.75, 3.05) is 0 Å². The zero-order chi connectivity index (χ0) is 28.7. The first-order valence-electron chi connectivity index (χ1n) is 14.0. The summed E-state index contributed by atoms with van der Waals surface area (Å²) in [6.45, 7) is 17.1. The Labute approximate surface area is 248 Å². The van der Waals surface area contributed by atoms with Crippen LogP contribution in [-0.4, -0.2) is 38.1 Å². The lowest BCUT2D eigenvalue weighted by Gasteiger charge is -2.32. The summed E-state index contributed by atoms with van der Waals surface area (Å²) in [5, 5.41) is 3.98. The van der Waals surface area contributed by atoms with Crippen LogP contribution in [0.2, 0.25) is 0 Å². The molecule has 7 heteroatoms. The lowest BCUT2D eigenvalue weighted by atomic mass is 10.1. The van der Waals surface area contributed by atoms with Gasteiger partial charge in [0, 0.05) is 6.04 Å². The molecule has 0 heterocycles. The van der Waals surface area contributed by atoms with Gasteiger partial charge in [-0.1, -0.05) is 91.5 Å². The number of aryl methyl sites for hydroxylation is 3. The van der Waals surface area contributed by atoms with Gasteiger partial charge in [0.05, 0.1) is 0 Å². The molecule has 0 aliphatic rings. The molecule has 4 rings (SSSR count). The van der Waals surface area contributed by atoms with Gasteiger partial charge in [0.2, 0.25) is 0 Å². The Morgan fingerprint density at radius 3 is 1.30 bits per heavy atom. The molecule has 208 valence electrons. The van der Waals surface area contributed by atoms with E-state index in [0.717, 1.165) is 5.56 Å². The van der Waals surface area contributed by atoms with Crippen LogP contribution in [0.3, 0.4) is 0 Å². The maximum absolute atomic E-state index is 7.08. The Morgan fingerprint density at radius 2 is 0.950 bits per heavy atom. The van der Waals surface area contributed by atoms with Crippen molar-refractivity contribution in [2.24, 2.45) is 0 Å². The highest BCUT2D eigenvalue weighted by atomic mass is 28.5. The zero-order valence-electron chi connectivity index (χ0n) is 24.8. The van der Waals surface area contributed by atoms with Gasteiger partial charge >= 0.3 is 8.80 Å². The molecule has 4 aromatic carbocycles. The predicted octanol–water partition coefficient (Wildman–Crippen LogP) is 3.48. The van der Waals surface area contributed by atoms with Gasteiger partial charge in [-0.15, -0.1) is 0 Å². The molecular weight excluding hydrogens is 557 g/mol. The molecule has 0 bridgehead atoms. The van der Waals surface area contributed by atoms with Crippen LogP contribution in [0.15, 0.2) is 85.4 Å². The molecule has 0 fully saturated rings. The fourth-order valence-corrected chi connectivity index (χ4v) is 16.7. The van der Waals surface area contributed by atoms with E-state index in [1.54, 1.807) is 0 Å². The Kier molecular flexibility index (Phi) is 10.5. The minimum atomic E-state index is -3.07. The third-order valence-corrected chi connectivity index (χ3v) is 19.2. The average molecular weight is 599 g/mol. The van der Waals surface area contributed by atoms with Crippen molar-refractivity contribution in [3.63, 3.8) is 0 Å². The van der Waals surface area contributed by atoms with Crippen molar-refractivity contribution in [2.45, 2.75) is 47.6 Å². The molecule has 0 aliphatic carbocycles. The molecule has 0 unspecified atom stereocenters. The first-order valence-corrected chi connectivity index (χ1v) is 19.8. The first kappa shape index (κ1) is 30.3. The number of rotatable bonds is 12. The first-order chi connectivity index (χ1) is 19.2. The number of benzene rings is 4. The van der Waals surface area contributed by atoms with Gasteiger partial charge in [-0.25, -0.2) is 0 Å². The molecule has 3 nitrogen and oxygen atoms in total. The number of hydrogen-bond donors (Lipinski definition) is 0. The highest BCUT2D eigenvalue weighted by molar-refractivity contribution is 6.78. The molecule has 0 radical (unpaired) electrons. The topological polar surface area (TPSA) is 27.7 Å². The van der Waals surface area contributed by atoms with Crippen LogP contribution in [0, 0.1) is 41.5 Å². The van der Waals surface area contributed by atoms with Crippen LogP contribution in [-0.2, 0) is 18.4 Å². The second-order valence-corrected chi connectivity index (χ2v) is 19.1. The Hall–Kier alpha value is -2.63. The van der Waals surface area contributed by atoms with E-state index in [1.165, 1.54) is 54.5 Å². The van der Waals surface area contributed by atoms with Crippen LogP contribution >= 0.6 is 0 Å². The molecule has 0 spiro atoms. The minimum Gasteiger partial charge on any atom is -0.418 e. The molecule has 0 atom stereocenters. The van der Waals surface area contributed by atoms with Crippen molar-refractivity contribution in [1.82, 2.24) is 0 Å². The summed E-state index contributed by atoms with van der Waals surface area (Å²) in [4.78, 5) is 0. The second-order valence-electron chi connectivity index (χ2n) is 10.7. The monoisotopic (exact) mass is 598 g/mol. The standard InChI is InChI=1S/C33H42O3Si4/c1-8-29-18-20-30(21-19-29)22-40(34-37-31-15-9-12-23(2)26(31)5,35-38-32-16-10-13-24(3)27(32)6)36-39-33-17-11-14-25(4)28(33)7/h8-21H,1,22,37-39H2,2-7H3. The van der Waals surface area contributed by atoms with Crippen molar-refractivity contribution in [3.05, 3.63) is 130 Å². The van der Waals surface area contributed by atoms with Crippen LogP contribution in [0.25, 0.3) is 6.08 Å². The predicted molar refractivity (Wildman–Crippen MR) is 182 cm³/mol. The van der Waals surface area contributed by atoms with E-state index >= 15 is 0 Å². The lowest BCUT2D eigenvalue weighted by Crippen LogP contribution is -2.55. The maximum Gasteiger partial charge on any atom is 0.473 e. The summed E-state index contributed by atoms with van der Waals surface area (Å²) >= 11 is 0. The number of hydrogen-bond acceptors (Lipinski definition) is 3. The SMILES string of the molecule is C=Cc1ccc(C[Si](O[SiH2]c2cccc(C)c2C)(O[SiH2]c2cccc(C)c2C)O[SiH2]c2cccc(C)c2C)cc1. The normalized spacial score (nSPS) is 13.7. The Bertz CT molecular complexity index is 1330. The van der Waals surface area contributed by atoms with Gasteiger partial charge < -0.3 is 12.3 Å². The highest BCUT2D eigenvalue weighted by Gasteiger charge is 2.41. The van der Waals surface area contributed by atoms with Crippen molar-refractivity contribution < 1.29 is 12.3 Å². The molecule has 0 amide bonds. The molecule has 4 aromatic rings. The van der Waals surface area contributed by atoms with E-state index in [9.17, 15) is 0 Å². The molecule has 0 saturated heterocycles. The lowest BCUT2D eigenvalue weighted by molar-refractivity contribution is 0.284. The minimum absolute atomic E-state index is 0.679. The third kappa shape index (κ3) is 7.55. The Balaban J connectivity index is 1.72. The van der Waals surface area contributed by atoms with Gasteiger partial charge in [0.15, 0.2) is 29.3 Å². The van der Waals surface area contributed by atoms with Gasteiger partial charge in [0.25, 0.3) is 0 Å². The average Bonchev–Trinajstić information content (AvgIpc) is 2.95. The van der Waals surface area contributed by atoms with E-state index in [1.807, 2.05) is 6.08 Å². The summed E-state index contributed by atoms with van der Waals surface area (Å²) < 4.78 is 21.2. The summed E-state index contributed by atoms with van der Waals surface area (Å²) in [5.41, 5.74) is 10.2. The van der Waals surface area contributed by atoms with E-state index in [4.69, 9.17) is 12.3 Å². The van der Waals surface area contributed by atoms with E-state index in [0.29, 0.717) is 6.04 Å². The van der Waals surface area contributed by atoms with Crippen LogP contribution in [0.4, 0.5) is 0 Å². The van der Waals surface area contributed by atoms with Gasteiger partial charge in [0.1, 0.15) is 0 Å². The van der Waals surface area contributed by atoms with Gasteiger partial charge in [-0.05, 0) is 102 Å². The quantitative estimate of drug-likeness (QED) is 0.234. The van der Waals surface area contributed by atoms with E-state index < -0.39 is 38.1 Å². The fraction of sp³-hybridized carbons (Fsp3) is 0.212. The van der Waals surface area contributed by atoms with Gasteiger partial charge in [-0.2, -0.15) is 0 Å². The van der Waals surface area contributed by atoms with Crippen molar-refractivity contribution in [3.8, 4) is 0 Å². The summed E-state index contributed by atoms with van der Waals surface area (Å²) in [6, 6.07) is 28.9. The second kappa shape index (κ2) is 13.8. The molecule has 0 aliphatic heterocycles. The third-order valence-electron chi connectivity index (χ3n) is 8.13. The van der Waals surface area contributed by atoms with Gasteiger partial charge in [-0.3, -0.25) is 0 Å². The highest BCUT2D eigenvalue weighted by Crippen LogP contribution is 2.19. The summed E-state index contributed by atoms with van der Waals surface area (Å²) in [7, 11) is -6.34. The molecule has 0 N–H and O–H groups in total. The molecule has 0 saturated carbocycles. The van der Waals surface area contributed by atoms with Crippen LogP contribution in [0.5, 0.6) is 0 Å². The summed E-state index contributed by atoms with van der Waals surface area (Å²) in [5.74, 6) is 0. The fourth-order valence-electron chi connectivity index (χ4n) is 4.77. The van der Waals surface area contributed by atoms with E-state index in [-0.39, 0.29) is 0 Å². The maximum atomic E-state index is 7.08. The molecular formula is C33H42O3Si4. The van der Waals surface area contributed by atoms with Crippen LogP contribution < -0.4 is 15.6 Å². The van der Waals surface area contributed by atoms with Crippen molar-refractivity contribution in [1.29, 1.82) is 0 Å². The summed E-state index contributed by atoms with van der Waals surface area (Å²) in [6.07, 6.45) is 1.88.